The highest BCUT2D eigenvalue weighted by atomic mass is 35.5. The van der Waals surface area contributed by atoms with Crippen LogP contribution in [0.3, 0.4) is 0 Å². The van der Waals surface area contributed by atoms with Crippen molar-refractivity contribution in [2.45, 2.75) is 38.8 Å². The van der Waals surface area contributed by atoms with E-state index in [1.54, 1.807) is 4.90 Å². The highest BCUT2D eigenvalue weighted by molar-refractivity contribution is 6.30. The minimum absolute atomic E-state index is 0.0360. The zero-order valence-electron chi connectivity index (χ0n) is 13.3. The van der Waals surface area contributed by atoms with Gasteiger partial charge in [-0.25, -0.2) is 4.79 Å². The predicted molar refractivity (Wildman–Crippen MR) is 87.4 cm³/mol. The molecular formula is C16H24ClN3O2. The minimum atomic E-state index is -0.479. The van der Waals surface area contributed by atoms with E-state index in [-0.39, 0.29) is 18.1 Å². The van der Waals surface area contributed by atoms with Crippen LogP contribution in [0.25, 0.3) is 0 Å². The first-order valence-electron chi connectivity index (χ1n) is 7.49. The normalized spacial score (nSPS) is 20.0. The summed E-state index contributed by atoms with van der Waals surface area (Å²) in [5, 5.41) is 0.680. The van der Waals surface area contributed by atoms with Crippen molar-refractivity contribution in [1.82, 2.24) is 10.3 Å². The minimum Gasteiger partial charge on any atom is -0.444 e. The van der Waals surface area contributed by atoms with Gasteiger partial charge in [0, 0.05) is 18.1 Å². The number of hydrazine groups is 1. The molecule has 5 nitrogen and oxygen atoms in total. The monoisotopic (exact) mass is 325 g/mol. The fourth-order valence-corrected chi connectivity index (χ4v) is 2.95. The topological polar surface area (TPSA) is 67.6 Å². The third kappa shape index (κ3) is 4.35. The van der Waals surface area contributed by atoms with Gasteiger partial charge in [0.2, 0.25) is 0 Å². The van der Waals surface area contributed by atoms with E-state index in [2.05, 4.69) is 5.43 Å². The zero-order valence-corrected chi connectivity index (χ0v) is 14.1. The molecule has 0 aliphatic carbocycles. The van der Waals surface area contributed by atoms with Crippen LogP contribution < -0.4 is 11.3 Å². The number of halogens is 1. The fraction of sp³-hybridized carbons (Fsp3) is 0.562. The number of likely N-dealkylation sites (tertiary alicyclic amines) is 1. The molecule has 2 unspecified atom stereocenters. The fourth-order valence-electron chi connectivity index (χ4n) is 2.76. The first-order chi connectivity index (χ1) is 10.3. The predicted octanol–water partition coefficient (Wildman–Crippen LogP) is 3.10. The zero-order chi connectivity index (χ0) is 16.3. The van der Waals surface area contributed by atoms with Crippen LogP contribution in [0.1, 0.15) is 38.8 Å². The van der Waals surface area contributed by atoms with Gasteiger partial charge in [-0.2, -0.15) is 0 Å². The Morgan fingerprint density at radius 1 is 1.50 bits per heavy atom. The standard InChI is InChI=1S/C16H24ClN3O2/c1-16(2,3)22-15(21)20-8-7-12(10-20)14(19-18)11-5-4-6-13(17)9-11/h4-6,9,12,14,19H,7-8,10,18H2,1-3H3. The Hall–Kier alpha value is -1.30. The summed E-state index contributed by atoms with van der Waals surface area (Å²) >= 11 is 6.05. The number of ether oxygens (including phenoxy) is 1. The van der Waals surface area contributed by atoms with E-state index in [4.69, 9.17) is 22.2 Å². The van der Waals surface area contributed by atoms with E-state index in [1.165, 1.54) is 0 Å². The number of carbonyl (C=O) groups excluding carboxylic acids is 1. The van der Waals surface area contributed by atoms with Gasteiger partial charge in [-0.15, -0.1) is 0 Å². The highest BCUT2D eigenvalue weighted by Gasteiger charge is 2.34. The van der Waals surface area contributed by atoms with E-state index in [0.717, 1.165) is 12.0 Å². The molecule has 6 heteroatoms. The molecule has 1 fully saturated rings. The number of carbonyl (C=O) groups is 1. The summed E-state index contributed by atoms with van der Waals surface area (Å²) in [6.45, 7) is 6.91. The molecule has 2 atom stereocenters. The van der Waals surface area contributed by atoms with Crippen LogP contribution in [0.5, 0.6) is 0 Å². The summed E-state index contributed by atoms with van der Waals surface area (Å²) in [5.41, 5.74) is 3.41. The highest BCUT2D eigenvalue weighted by Crippen LogP contribution is 2.31. The molecule has 0 bridgehead atoms. The van der Waals surface area contributed by atoms with Gasteiger partial charge in [0.05, 0.1) is 6.04 Å². The Morgan fingerprint density at radius 3 is 2.82 bits per heavy atom. The van der Waals surface area contributed by atoms with Gasteiger partial charge in [-0.3, -0.25) is 11.3 Å². The molecule has 1 heterocycles. The molecule has 0 radical (unpaired) electrons. The van der Waals surface area contributed by atoms with Crippen molar-refractivity contribution >= 4 is 17.7 Å². The van der Waals surface area contributed by atoms with Crippen molar-refractivity contribution in [2.24, 2.45) is 11.8 Å². The van der Waals surface area contributed by atoms with Gasteiger partial charge in [0.1, 0.15) is 5.60 Å². The van der Waals surface area contributed by atoms with Crippen LogP contribution in [0.2, 0.25) is 5.02 Å². The quantitative estimate of drug-likeness (QED) is 0.662. The number of nitrogens with two attached hydrogens (primary N) is 1. The van der Waals surface area contributed by atoms with Crippen molar-refractivity contribution in [3.8, 4) is 0 Å². The molecule has 2 rings (SSSR count). The van der Waals surface area contributed by atoms with Crippen molar-refractivity contribution in [3.63, 3.8) is 0 Å². The lowest BCUT2D eigenvalue weighted by molar-refractivity contribution is 0.0285. The summed E-state index contributed by atoms with van der Waals surface area (Å²) in [6.07, 6.45) is 0.609. The summed E-state index contributed by atoms with van der Waals surface area (Å²) in [6, 6.07) is 7.60. The van der Waals surface area contributed by atoms with Crippen molar-refractivity contribution in [1.29, 1.82) is 0 Å². The summed E-state index contributed by atoms with van der Waals surface area (Å²) in [5.74, 6) is 5.96. The van der Waals surface area contributed by atoms with Gasteiger partial charge in [0.15, 0.2) is 0 Å². The van der Waals surface area contributed by atoms with Crippen LogP contribution in [0, 0.1) is 5.92 Å². The van der Waals surface area contributed by atoms with Gasteiger partial charge >= 0.3 is 6.09 Å². The number of hydrogen-bond acceptors (Lipinski definition) is 4. The second-order valence-electron chi connectivity index (χ2n) is 6.67. The SMILES string of the molecule is CC(C)(C)OC(=O)N1CCC(C(NN)c2cccc(Cl)c2)C1. The first kappa shape index (κ1) is 17.1. The van der Waals surface area contributed by atoms with Crippen LogP contribution in [-0.2, 0) is 4.74 Å². The summed E-state index contributed by atoms with van der Waals surface area (Å²) in [4.78, 5) is 13.9. The molecule has 22 heavy (non-hydrogen) atoms. The van der Waals surface area contributed by atoms with Crippen LogP contribution in [-0.4, -0.2) is 29.7 Å². The third-order valence-corrected chi connectivity index (χ3v) is 3.97. The Morgan fingerprint density at radius 2 is 2.23 bits per heavy atom. The lowest BCUT2D eigenvalue weighted by Gasteiger charge is -2.26. The van der Waals surface area contributed by atoms with Gasteiger partial charge in [0.25, 0.3) is 0 Å². The number of nitrogens with one attached hydrogen (secondary N) is 1. The average molecular weight is 326 g/mol. The third-order valence-electron chi connectivity index (χ3n) is 3.74. The van der Waals surface area contributed by atoms with Crippen molar-refractivity contribution < 1.29 is 9.53 Å². The lowest BCUT2D eigenvalue weighted by atomic mass is 9.93. The molecule has 0 aromatic heterocycles. The molecule has 3 N–H and O–H groups in total. The van der Waals surface area contributed by atoms with Crippen molar-refractivity contribution in [2.75, 3.05) is 13.1 Å². The Bertz CT molecular complexity index is 530. The van der Waals surface area contributed by atoms with Crippen molar-refractivity contribution in [3.05, 3.63) is 34.9 Å². The maximum absolute atomic E-state index is 12.1. The average Bonchev–Trinajstić information content (AvgIpc) is 2.87. The molecule has 1 saturated heterocycles. The number of nitrogens with zero attached hydrogens (tertiary/aromatic N) is 1. The Kier molecular flexibility index (Phi) is 5.32. The van der Waals surface area contributed by atoms with Gasteiger partial charge < -0.3 is 9.64 Å². The van der Waals surface area contributed by atoms with E-state index >= 15 is 0 Å². The van der Waals surface area contributed by atoms with Crippen LogP contribution in [0.4, 0.5) is 4.79 Å². The molecule has 0 spiro atoms. The second kappa shape index (κ2) is 6.86. The second-order valence-corrected chi connectivity index (χ2v) is 7.11. The van der Waals surface area contributed by atoms with Gasteiger partial charge in [-0.05, 0) is 50.8 Å². The molecular weight excluding hydrogens is 302 g/mol. The molecule has 0 saturated carbocycles. The van der Waals surface area contributed by atoms with E-state index < -0.39 is 5.60 Å². The Balaban J connectivity index is 2.03. The van der Waals surface area contributed by atoms with Crippen LogP contribution in [0.15, 0.2) is 24.3 Å². The maximum Gasteiger partial charge on any atom is 0.410 e. The largest absolute Gasteiger partial charge is 0.444 e. The smallest absolute Gasteiger partial charge is 0.410 e. The summed E-state index contributed by atoms with van der Waals surface area (Å²) in [7, 11) is 0. The molecule has 1 aromatic carbocycles. The first-order valence-corrected chi connectivity index (χ1v) is 7.87. The number of hydrogen-bond donors (Lipinski definition) is 2. The molecule has 122 valence electrons. The number of benzene rings is 1. The maximum atomic E-state index is 12.1. The Labute approximate surface area is 136 Å². The number of rotatable bonds is 3. The molecule has 1 aromatic rings. The number of amides is 1. The lowest BCUT2D eigenvalue weighted by Crippen LogP contribution is -2.38. The molecule has 1 aliphatic heterocycles. The summed E-state index contributed by atoms with van der Waals surface area (Å²) < 4.78 is 5.42. The van der Waals surface area contributed by atoms with E-state index in [9.17, 15) is 4.79 Å². The van der Waals surface area contributed by atoms with E-state index in [0.29, 0.717) is 18.1 Å². The molecule has 1 aliphatic rings. The van der Waals surface area contributed by atoms with Crippen LogP contribution >= 0.6 is 11.6 Å². The van der Waals surface area contributed by atoms with E-state index in [1.807, 2.05) is 45.0 Å². The van der Waals surface area contributed by atoms with Gasteiger partial charge in [-0.1, -0.05) is 23.7 Å². The molecule has 1 amide bonds.